The second-order valence-electron chi connectivity index (χ2n) is 4.38. The summed E-state index contributed by atoms with van der Waals surface area (Å²) in [7, 11) is 0. The van der Waals surface area contributed by atoms with Crippen LogP contribution in [0.4, 0.5) is 13.2 Å². The van der Waals surface area contributed by atoms with Gasteiger partial charge in [-0.05, 0) is 23.3 Å². The molecule has 0 heterocycles. The molecule has 0 fully saturated rings. The van der Waals surface area contributed by atoms with E-state index in [1.807, 2.05) is 6.07 Å². The Morgan fingerprint density at radius 3 is 2.50 bits per heavy atom. The van der Waals surface area contributed by atoms with Crippen molar-refractivity contribution in [1.82, 2.24) is 0 Å². The highest BCUT2D eigenvalue weighted by atomic mass is 35.5. The second kappa shape index (κ2) is 7.38. The van der Waals surface area contributed by atoms with Crippen LogP contribution < -0.4 is 10.5 Å². The van der Waals surface area contributed by atoms with Gasteiger partial charge in [-0.3, -0.25) is 0 Å². The molecule has 2 aromatic rings. The van der Waals surface area contributed by atoms with Crippen LogP contribution in [0.2, 0.25) is 0 Å². The number of hydrogen-bond acceptors (Lipinski definition) is 3. The van der Waals surface area contributed by atoms with Crippen molar-refractivity contribution in [3.63, 3.8) is 0 Å². The van der Waals surface area contributed by atoms with Crippen LogP contribution in [-0.4, -0.2) is 5.11 Å². The fourth-order valence-corrected chi connectivity index (χ4v) is 1.87. The number of hydrogen-bond donors (Lipinski definition) is 2. The lowest BCUT2D eigenvalue weighted by Gasteiger charge is -2.15. The largest absolute Gasteiger partial charge is 0.507 e. The Labute approximate surface area is 131 Å². The van der Waals surface area contributed by atoms with Crippen LogP contribution in [0.5, 0.6) is 11.5 Å². The number of nitrogens with two attached hydrogens (primary N) is 1. The topological polar surface area (TPSA) is 55.5 Å². The predicted molar refractivity (Wildman–Crippen MR) is 77.9 cm³/mol. The lowest BCUT2D eigenvalue weighted by atomic mass is 10.1. The standard InChI is InChI=1S/C15H13F3NO2.ClH/c16-15(17,18)14-12(20)5-2-6-13(14)21-9-11-4-1-3-10(7-11)8-19;/h1-4,6-7,20H,8-9,19H2;1H. The number of phenols is 1. The van der Waals surface area contributed by atoms with Gasteiger partial charge in [-0.25, -0.2) is 0 Å². The fourth-order valence-electron chi connectivity index (χ4n) is 1.87. The van der Waals surface area contributed by atoms with Gasteiger partial charge in [0, 0.05) is 12.6 Å². The van der Waals surface area contributed by atoms with Gasteiger partial charge >= 0.3 is 6.18 Å². The molecule has 0 bridgehead atoms. The van der Waals surface area contributed by atoms with E-state index in [1.165, 1.54) is 6.07 Å². The molecule has 0 amide bonds. The van der Waals surface area contributed by atoms with Crippen LogP contribution in [0.1, 0.15) is 16.7 Å². The summed E-state index contributed by atoms with van der Waals surface area (Å²) < 4.78 is 43.8. The highest BCUT2D eigenvalue weighted by Crippen LogP contribution is 2.41. The van der Waals surface area contributed by atoms with Crippen molar-refractivity contribution in [3.05, 3.63) is 59.2 Å². The first-order chi connectivity index (χ1) is 9.91. The quantitative estimate of drug-likeness (QED) is 0.898. The van der Waals surface area contributed by atoms with Crippen molar-refractivity contribution in [1.29, 1.82) is 0 Å². The van der Waals surface area contributed by atoms with Gasteiger partial charge in [0.2, 0.25) is 0 Å². The normalized spacial score (nSPS) is 10.9. The maximum atomic E-state index is 12.9. The maximum absolute atomic E-state index is 12.9. The number of ether oxygens (including phenoxy) is 1. The van der Waals surface area contributed by atoms with Gasteiger partial charge in [0.05, 0.1) is 0 Å². The number of benzene rings is 2. The van der Waals surface area contributed by atoms with Crippen molar-refractivity contribution in [2.24, 2.45) is 5.73 Å². The maximum Gasteiger partial charge on any atom is 0.423 e. The minimum Gasteiger partial charge on any atom is -0.507 e. The average molecular weight is 333 g/mol. The molecule has 22 heavy (non-hydrogen) atoms. The third kappa shape index (κ3) is 4.29. The van der Waals surface area contributed by atoms with Gasteiger partial charge in [-0.1, -0.05) is 24.3 Å². The number of phenolic OH excluding ortho intramolecular Hbond substituents is 1. The van der Waals surface area contributed by atoms with Crippen molar-refractivity contribution in [2.75, 3.05) is 0 Å². The summed E-state index contributed by atoms with van der Waals surface area (Å²) in [6.45, 7) is 0.281. The van der Waals surface area contributed by atoms with Crippen LogP contribution in [-0.2, 0) is 19.3 Å². The van der Waals surface area contributed by atoms with Crippen molar-refractivity contribution >= 4 is 12.4 Å². The monoisotopic (exact) mass is 332 g/mol. The molecule has 0 aliphatic carbocycles. The van der Waals surface area contributed by atoms with Crippen LogP contribution in [0.15, 0.2) is 36.4 Å². The minimum atomic E-state index is -4.71. The van der Waals surface area contributed by atoms with Crippen LogP contribution in [0.25, 0.3) is 0 Å². The zero-order valence-electron chi connectivity index (χ0n) is 11.4. The molecular weight excluding hydrogens is 319 g/mol. The van der Waals surface area contributed by atoms with Gasteiger partial charge in [0.15, 0.2) is 0 Å². The molecule has 0 saturated carbocycles. The van der Waals surface area contributed by atoms with Gasteiger partial charge < -0.3 is 15.6 Å². The molecule has 2 rings (SSSR count). The average Bonchev–Trinajstić information content (AvgIpc) is 2.44. The first-order valence-electron chi connectivity index (χ1n) is 6.13. The number of rotatable bonds is 4. The summed E-state index contributed by atoms with van der Waals surface area (Å²) in [5.41, 5.74) is 5.83. The Balaban J connectivity index is 0.00000242. The molecule has 3 nitrogen and oxygen atoms in total. The smallest absolute Gasteiger partial charge is 0.423 e. The van der Waals surface area contributed by atoms with E-state index < -0.39 is 23.2 Å². The molecule has 0 aliphatic rings. The molecule has 7 heteroatoms. The van der Waals surface area contributed by atoms with Crippen LogP contribution in [0.3, 0.4) is 0 Å². The number of aromatic hydroxyl groups is 1. The Kier molecular flexibility index (Phi) is 6.08. The van der Waals surface area contributed by atoms with Gasteiger partial charge in [-0.15, -0.1) is 12.4 Å². The lowest BCUT2D eigenvalue weighted by Crippen LogP contribution is -2.09. The first-order valence-corrected chi connectivity index (χ1v) is 6.13. The third-order valence-corrected chi connectivity index (χ3v) is 2.84. The highest BCUT2D eigenvalue weighted by Gasteiger charge is 2.37. The molecule has 0 saturated heterocycles. The minimum absolute atomic E-state index is 0. The van der Waals surface area contributed by atoms with Crippen molar-refractivity contribution in [3.8, 4) is 11.5 Å². The van der Waals surface area contributed by atoms with Crippen molar-refractivity contribution in [2.45, 2.75) is 19.3 Å². The van der Waals surface area contributed by atoms with E-state index in [-0.39, 0.29) is 19.0 Å². The van der Waals surface area contributed by atoms with E-state index in [0.717, 1.165) is 11.6 Å². The number of alkyl halides is 3. The summed E-state index contributed by atoms with van der Waals surface area (Å²) in [6, 6.07) is 11.4. The Bertz CT molecular complexity index is 632. The molecule has 0 aliphatic heterocycles. The SMILES string of the molecule is Cl.NCc1cccc(COc2cc[c]c(O)c2C(F)(F)F)c1. The molecular formula is C15H14ClF3NO2. The van der Waals surface area contributed by atoms with E-state index in [2.05, 4.69) is 6.07 Å². The fraction of sp³-hybridized carbons (Fsp3) is 0.200. The summed E-state index contributed by atoms with van der Waals surface area (Å²) in [5, 5.41) is 9.33. The van der Waals surface area contributed by atoms with Crippen molar-refractivity contribution < 1.29 is 23.0 Å². The molecule has 0 unspecified atom stereocenters. The van der Waals surface area contributed by atoms with Crippen LogP contribution >= 0.6 is 12.4 Å². The zero-order valence-corrected chi connectivity index (χ0v) is 12.2. The summed E-state index contributed by atoms with van der Waals surface area (Å²) in [5.74, 6) is -1.41. The summed E-state index contributed by atoms with van der Waals surface area (Å²) in [6.07, 6.45) is -4.71. The highest BCUT2D eigenvalue weighted by molar-refractivity contribution is 5.85. The number of halogens is 4. The van der Waals surface area contributed by atoms with Gasteiger partial charge in [0.1, 0.15) is 23.7 Å². The molecule has 0 aromatic heterocycles. The third-order valence-electron chi connectivity index (χ3n) is 2.84. The first kappa shape index (κ1) is 18.1. The molecule has 3 N–H and O–H groups in total. The van der Waals surface area contributed by atoms with E-state index >= 15 is 0 Å². The van der Waals surface area contributed by atoms with E-state index in [9.17, 15) is 18.3 Å². The van der Waals surface area contributed by atoms with Gasteiger partial charge in [0.25, 0.3) is 0 Å². The Morgan fingerprint density at radius 1 is 1.18 bits per heavy atom. The lowest BCUT2D eigenvalue weighted by molar-refractivity contribution is -0.140. The molecule has 2 aromatic carbocycles. The van der Waals surface area contributed by atoms with E-state index in [0.29, 0.717) is 12.1 Å². The molecule has 119 valence electrons. The van der Waals surface area contributed by atoms with E-state index in [1.54, 1.807) is 18.2 Å². The van der Waals surface area contributed by atoms with Gasteiger partial charge in [-0.2, -0.15) is 13.2 Å². The molecule has 0 spiro atoms. The predicted octanol–water partition coefficient (Wildman–Crippen LogP) is 3.67. The molecule has 1 radical (unpaired) electrons. The summed E-state index contributed by atoms with van der Waals surface area (Å²) >= 11 is 0. The Hall–Kier alpha value is -1.92. The Morgan fingerprint density at radius 2 is 1.86 bits per heavy atom. The molecule has 0 atom stereocenters. The van der Waals surface area contributed by atoms with Crippen LogP contribution in [0, 0.1) is 6.07 Å². The zero-order chi connectivity index (χ0) is 15.5. The van der Waals surface area contributed by atoms with E-state index in [4.69, 9.17) is 10.5 Å². The second-order valence-corrected chi connectivity index (χ2v) is 4.38. The summed E-state index contributed by atoms with van der Waals surface area (Å²) in [4.78, 5) is 0.